The van der Waals surface area contributed by atoms with Crippen LogP contribution in [0.25, 0.3) is 0 Å². The van der Waals surface area contributed by atoms with Crippen molar-refractivity contribution < 1.29 is 9.59 Å². The number of likely N-dealkylation sites (tertiary alicyclic amines) is 1. The Morgan fingerprint density at radius 3 is 2.33 bits per heavy atom. The van der Waals surface area contributed by atoms with Crippen molar-refractivity contribution in [3.63, 3.8) is 0 Å². The number of halogens is 1. The standard InChI is InChI=1S/C21H20ClN3O2/c1-14-2-4-15(5-3-14)18-19(26)24-21(23-18)10-12-25(13-11-21)20(27)16-6-8-17(22)9-7-16/h2-9H,10-13H2,1H3,(H,24,26). The molecule has 0 saturated carbocycles. The number of hydrogen-bond donors (Lipinski definition) is 1. The highest BCUT2D eigenvalue weighted by atomic mass is 35.5. The number of nitrogens with zero attached hydrogens (tertiary/aromatic N) is 2. The fourth-order valence-electron chi connectivity index (χ4n) is 3.56. The first-order valence-corrected chi connectivity index (χ1v) is 9.38. The summed E-state index contributed by atoms with van der Waals surface area (Å²) in [4.78, 5) is 31.7. The normalized spacial score (nSPS) is 18.4. The first-order chi connectivity index (χ1) is 13.0. The monoisotopic (exact) mass is 381 g/mol. The topological polar surface area (TPSA) is 61.8 Å². The highest BCUT2D eigenvalue weighted by Gasteiger charge is 2.42. The van der Waals surface area contributed by atoms with Crippen LogP contribution in [0, 0.1) is 6.92 Å². The Labute approximate surface area is 163 Å². The lowest BCUT2D eigenvalue weighted by Gasteiger charge is -2.37. The van der Waals surface area contributed by atoms with E-state index in [2.05, 4.69) is 5.32 Å². The lowest BCUT2D eigenvalue weighted by Crippen LogP contribution is -2.52. The van der Waals surface area contributed by atoms with E-state index in [1.165, 1.54) is 0 Å². The summed E-state index contributed by atoms with van der Waals surface area (Å²) in [5.74, 6) is -0.162. The van der Waals surface area contributed by atoms with Gasteiger partial charge < -0.3 is 10.2 Å². The van der Waals surface area contributed by atoms with Gasteiger partial charge in [-0.1, -0.05) is 41.4 Å². The number of aliphatic imine (C=N–C) groups is 1. The zero-order chi connectivity index (χ0) is 19.0. The molecule has 0 bridgehead atoms. The second-order valence-corrected chi connectivity index (χ2v) is 7.55. The molecule has 0 radical (unpaired) electrons. The van der Waals surface area contributed by atoms with E-state index in [9.17, 15) is 9.59 Å². The van der Waals surface area contributed by atoms with Gasteiger partial charge in [-0.2, -0.15) is 0 Å². The highest BCUT2D eigenvalue weighted by Crippen LogP contribution is 2.29. The van der Waals surface area contributed by atoms with Crippen molar-refractivity contribution in [1.82, 2.24) is 10.2 Å². The van der Waals surface area contributed by atoms with E-state index in [0.717, 1.165) is 11.1 Å². The van der Waals surface area contributed by atoms with Crippen molar-refractivity contribution in [2.75, 3.05) is 13.1 Å². The maximum Gasteiger partial charge on any atom is 0.272 e. The third-order valence-corrected chi connectivity index (χ3v) is 5.43. The van der Waals surface area contributed by atoms with E-state index in [1.807, 2.05) is 31.2 Å². The van der Waals surface area contributed by atoms with Crippen LogP contribution in [-0.4, -0.2) is 41.2 Å². The molecule has 138 valence electrons. The molecule has 1 N–H and O–H groups in total. The molecule has 2 aliphatic rings. The van der Waals surface area contributed by atoms with Gasteiger partial charge in [-0.25, -0.2) is 0 Å². The summed E-state index contributed by atoms with van der Waals surface area (Å²) in [6, 6.07) is 14.7. The Morgan fingerprint density at radius 2 is 1.70 bits per heavy atom. The van der Waals surface area contributed by atoms with Crippen molar-refractivity contribution in [1.29, 1.82) is 0 Å². The lowest BCUT2D eigenvalue weighted by molar-refractivity contribution is -0.115. The minimum Gasteiger partial charge on any atom is -0.338 e. The molecule has 0 atom stereocenters. The van der Waals surface area contributed by atoms with Gasteiger partial charge in [0.05, 0.1) is 0 Å². The largest absolute Gasteiger partial charge is 0.338 e. The average Bonchev–Trinajstić information content (AvgIpc) is 2.99. The summed E-state index contributed by atoms with van der Waals surface area (Å²) < 4.78 is 0. The molecule has 1 fully saturated rings. The number of carbonyl (C=O) groups is 2. The van der Waals surface area contributed by atoms with Crippen molar-refractivity contribution >= 4 is 29.1 Å². The lowest BCUT2D eigenvalue weighted by atomic mass is 9.97. The summed E-state index contributed by atoms with van der Waals surface area (Å²) in [6.45, 7) is 3.11. The number of benzene rings is 2. The molecular formula is C21H20ClN3O2. The molecule has 1 spiro atoms. The van der Waals surface area contributed by atoms with Gasteiger partial charge in [-0.15, -0.1) is 0 Å². The molecular weight excluding hydrogens is 362 g/mol. The number of aryl methyl sites for hydroxylation is 1. The Balaban J connectivity index is 1.48. The molecule has 5 nitrogen and oxygen atoms in total. The van der Waals surface area contributed by atoms with Crippen molar-refractivity contribution in [3.05, 3.63) is 70.2 Å². The minimum atomic E-state index is -0.603. The molecule has 2 heterocycles. The van der Waals surface area contributed by atoms with Crippen LogP contribution in [0.15, 0.2) is 53.5 Å². The van der Waals surface area contributed by atoms with E-state index in [0.29, 0.717) is 42.2 Å². The first kappa shape index (κ1) is 17.7. The molecule has 4 rings (SSSR count). The van der Waals surface area contributed by atoms with Crippen LogP contribution in [0.1, 0.15) is 34.3 Å². The van der Waals surface area contributed by atoms with Gasteiger partial charge in [0.2, 0.25) is 0 Å². The SMILES string of the molecule is Cc1ccc(C2=NC3(CCN(C(=O)c4ccc(Cl)cc4)CC3)NC2=O)cc1. The Morgan fingerprint density at radius 1 is 1.07 bits per heavy atom. The van der Waals surface area contributed by atoms with Gasteiger partial charge >= 0.3 is 0 Å². The minimum absolute atomic E-state index is 0.0198. The van der Waals surface area contributed by atoms with Crippen LogP contribution < -0.4 is 5.32 Å². The number of rotatable bonds is 2. The smallest absolute Gasteiger partial charge is 0.272 e. The summed E-state index contributed by atoms with van der Waals surface area (Å²) in [7, 11) is 0. The number of hydrogen-bond acceptors (Lipinski definition) is 3. The fourth-order valence-corrected chi connectivity index (χ4v) is 3.69. The molecule has 0 aromatic heterocycles. The molecule has 6 heteroatoms. The van der Waals surface area contributed by atoms with Gasteiger partial charge in [0.25, 0.3) is 11.8 Å². The molecule has 0 aliphatic carbocycles. The summed E-state index contributed by atoms with van der Waals surface area (Å²) >= 11 is 5.89. The quantitative estimate of drug-likeness (QED) is 0.868. The van der Waals surface area contributed by atoms with Crippen LogP contribution in [0.5, 0.6) is 0 Å². The molecule has 2 aromatic carbocycles. The molecule has 1 saturated heterocycles. The van der Waals surface area contributed by atoms with Crippen LogP contribution in [0.4, 0.5) is 0 Å². The van der Waals surface area contributed by atoms with Gasteiger partial charge in [-0.3, -0.25) is 14.6 Å². The average molecular weight is 382 g/mol. The third-order valence-electron chi connectivity index (χ3n) is 5.18. The van der Waals surface area contributed by atoms with Crippen LogP contribution in [0.2, 0.25) is 5.02 Å². The molecule has 2 aromatic rings. The number of nitrogens with one attached hydrogen (secondary N) is 1. The van der Waals surface area contributed by atoms with Gasteiger partial charge in [0.1, 0.15) is 11.4 Å². The Bertz CT molecular complexity index is 911. The Kier molecular flexibility index (Phi) is 4.48. The molecule has 2 aliphatic heterocycles. The van der Waals surface area contributed by atoms with E-state index >= 15 is 0 Å². The van der Waals surface area contributed by atoms with Crippen LogP contribution in [-0.2, 0) is 4.79 Å². The Hall–Kier alpha value is -2.66. The summed E-state index contributed by atoms with van der Waals surface area (Å²) in [5.41, 5.74) is 2.46. The zero-order valence-electron chi connectivity index (χ0n) is 15.0. The van der Waals surface area contributed by atoms with Gasteiger partial charge in [0, 0.05) is 42.1 Å². The van der Waals surface area contributed by atoms with Crippen LogP contribution >= 0.6 is 11.6 Å². The number of carbonyl (C=O) groups excluding carboxylic acids is 2. The maximum absolute atomic E-state index is 12.7. The third kappa shape index (κ3) is 3.47. The summed E-state index contributed by atoms with van der Waals surface area (Å²) in [5, 5.41) is 3.65. The predicted molar refractivity (Wildman–Crippen MR) is 105 cm³/mol. The highest BCUT2D eigenvalue weighted by molar-refractivity contribution is 6.46. The van der Waals surface area contributed by atoms with E-state index < -0.39 is 5.66 Å². The first-order valence-electron chi connectivity index (χ1n) is 9.00. The van der Waals surface area contributed by atoms with Gasteiger partial charge in [-0.05, 0) is 31.2 Å². The number of amides is 2. The zero-order valence-corrected chi connectivity index (χ0v) is 15.8. The van der Waals surface area contributed by atoms with Crippen molar-refractivity contribution in [2.24, 2.45) is 4.99 Å². The fraction of sp³-hybridized carbons (Fsp3) is 0.286. The second kappa shape index (κ2) is 6.82. The van der Waals surface area contributed by atoms with Gasteiger partial charge in [0.15, 0.2) is 0 Å². The van der Waals surface area contributed by atoms with Crippen molar-refractivity contribution in [3.8, 4) is 0 Å². The van der Waals surface area contributed by atoms with E-state index in [4.69, 9.17) is 16.6 Å². The second-order valence-electron chi connectivity index (χ2n) is 7.11. The van der Waals surface area contributed by atoms with Crippen molar-refractivity contribution in [2.45, 2.75) is 25.4 Å². The number of piperidine rings is 1. The summed E-state index contributed by atoms with van der Waals surface area (Å²) in [6.07, 6.45) is 1.21. The maximum atomic E-state index is 12.7. The van der Waals surface area contributed by atoms with E-state index in [-0.39, 0.29) is 11.8 Å². The molecule has 2 amide bonds. The molecule has 27 heavy (non-hydrogen) atoms. The van der Waals surface area contributed by atoms with E-state index in [1.54, 1.807) is 29.2 Å². The van der Waals surface area contributed by atoms with Crippen LogP contribution in [0.3, 0.4) is 0 Å². The predicted octanol–water partition coefficient (Wildman–Crippen LogP) is 3.20. The molecule has 0 unspecified atom stereocenters.